The molecule has 2 aliphatic heterocycles. The summed E-state index contributed by atoms with van der Waals surface area (Å²) in [7, 11) is 1.42. The first-order chi connectivity index (χ1) is 10.0. The minimum absolute atomic E-state index is 0.00958. The van der Waals surface area contributed by atoms with E-state index in [1.807, 2.05) is 4.90 Å². The lowest BCUT2D eigenvalue weighted by molar-refractivity contribution is -0.132. The second kappa shape index (κ2) is 5.48. The number of nitrogens with zero attached hydrogens (tertiary/aromatic N) is 3. The van der Waals surface area contributed by atoms with Crippen LogP contribution in [0.2, 0.25) is 0 Å². The van der Waals surface area contributed by atoms with Crippen molar-refractivity contribution in [3.63, 3.8) is 0 Å². The number of rotatable bonds is 2. The highest BCUT2D eigenvalue weighted by atomic mass is 16.2. The second-order valence-electron chi connectivity index (χ2n) is 5.89. The van der Waals surface area contributed by atoms with Crippen molar-refractivity contribution >= 4 is 5.91 Å². The summed E-state index contributed by atoms with van der Waals surface area (Å²) in [6.45, 7) is 1.42. The molecule has 1 aromatic rings. The molecule has 7 heteroatoms. The largest absolute Gasteiger partial charge is 0.340 e. The van der Waals surface area contributed by atoms with Gasteiger partial charge in [0, 0.05) is 44.5 Å². The topological polar surface area (TPSA) is 76.3 Å². The fourth-order valence-electron chi connectivity index (χ4n) is 3.15. The molecule has 0 spiro atoms. The zero-order chi connectivity index (χ0) is 15.0. The lowest BCUT2D eigenvalue weighted by Gasteiger charge is -2.24. The van der Waals surface area contributed by atoms with Crippen LogP contribution in [0.25, 0.3) is 0 Å². The summed E-state index contributed by atoms with van der Waals surface area (Å²) in [6, 6.07) is 2.20. The Morgan fingerprint density at radius 2 is 2.05 bits per heavy atom. The van der Waals surface area contributed by atoms with Crippen LogP contribution in [0.3, 0.4) is 0 Å². The smallest absolute Gasteiger partial charge is 0.331 e. The van der Waals surface area contributed by atoms with Crippen LogP contribution in [0.1, 0.15) is 19.3 Å². The van der Waals surface area contributed by atoms with Crippen molar-refractivity contribution in [1.29, 1.82) is 0 Å². The van der Waals surface area contributed by atoms with Crippen molar-refractivity contribution < 1.29 is 4.79 Å². The molecule has 2 fully saturated rings. The van der Waals surface area contributed by atoms with Gasteiger partial charge in [-0.1, -0.05) is 0 Å². The average molecular weight is 292 g/mol. The number of amides is 1. The van der Waals surface area contributed by atoms with E-state index < -0.39 is 5.69 Å². The van der Waals surface area contributed by atoms with Gasteiger partial charge in [-0.25, -0.2) is 4.79 Å². The molecule has 7 nitrogen and oxygen atoms in total. The van der Waals surface area contributed by atoms with Crippen LogP contribution in [0, 0.1) is 0 Å². The highest BCUT2D eigenvalue weighted by Crippen LogP contribution is 2.20. The molecule has 0 aromatic carbocycles. The Morgan fingerprint density at radius 3 is 2.86 bits per heavy atom. The third-order valence-electron chi connectivity index (χ3n) is 4.44. The minimum atomic E-state index is -0.453. The Labute approximate surface area is 122 Å². The van der Waals surface area contributed by atoms with E-state index >= 15 is 0 Å². The SMILES string of the molecule is Cn1c(=O)ccn(CC(=O)N2CCC3CCC(C2)N3)c1=O. The molecule has 2 atom stereocenters. The second-order valence-corrected chi connectivity index (χ2v) is 5.89. The first-order valence-corrected chi connectivity index (χ1v) is 7.35. The third-order valence-corrected chi connectivity index (χ3v) is 4.44. The lowest BCUT2D eigenvalue weighted by atomic mass is 10.1. The van der Waals surface area contributed by atoms with Gasteiger partial charge < -0.3 is 10.2 Å². The minimum Gasteiger partial charge on any atom is -0.340 e. The van der Waals surface area contributed by atoms with Crippen LogP contribution < -0.4 is 16.6 Å². The van der Waals surface area contributed by atoms with E-state index in [0.717, 1.165) is 24.0 Å². The molecule has 0 radical (unpaired) electrons. The van der Waals surface area contributed by atoms with E-state index in [1.165, 1.54) is 30.3 Å². The van der Waals surface area contributed by atoms with Crippen LogP contribution in [-0.4, -0.2) is 45.1 Å². The first kappa shape index (κ1) is 14.1. The van der Waals surface area contributed by atoms with Crippen molar-refractivity contribution in [2.24, 2.45) is 7.05 Å². The number of nitrogens with one attached hydrogen (secondary N) is 1. The molecule has 114 valence electrons. The lowest BCUT2D eigenvalue weighted by Crippen LogP contribution is -2.44. The Kier molecular flexibility index (Phi) is 3.67. The molecule has 1 amide bonds. The summed E-state index contributed by atoms with van der Waals surface area (Å²) in [5.74, 6) is -0.0647. The van der Waals surface area contributed by atoms with Gasteiger partial charge in [-0.15, -0.1) is 0 Å². The van der Waals surface area contributed by atoms with E-state index in [4.69, 9.17) is 0 Å². The Morgan fingerprint density at radius 1 is 1.29 bits per heavy atom. The summed E-state index contributed by atoms with van der Waals surface area (Å²) in [5.41, 5.74) is -0.815. The van der Waals surface area contributed by atoms with E-state index in [9.17, 15) is 14.4 Å². The summed E-state index contributed by atoms with van der Waals surface area (Å²) in [6.07, 6.45) is 4.65. The summed E-state index contributed by atoms with van der Waals surface area (Å²) in [5, 5.41) is 3.52. The monoisotopic (exact) mass is 292 g/mol. The fourth-order valence-corrected chi connectivity index (χ4v) is 3.15. The molecule has 1 N–H and O–H groups in total. The molecular weight excluding hydrogens is 272 g/mol. The zero-order valence-electron chi connectivity index (χ0n) is 12.1. The van der Waals surface area contributed by atoms with Gasteiger partial charge in [0.2, 0.25) is 5.91 Å². The number of aromatic nitrogens is 2. The van der Waals surface area contributed by atoms with Crippen LogP contribution in [0.15, 0.2) is 21.9 Å². The number of hydrogen-bond acceptors (Lipinski definition) is 4. The maximum absolute atomic E-state index is 12.4. The fraction of sp³-hybridized carbons (Fsp3) is 0.643. The predicted molar refractivity (Wildman–Crippen MR) is 77.1 cm³/mol. The van der Waals surface area contributed by atoms with Gasteiger partial charge in [0.25, 0.3) is 5.56 Å². The molecule has 21 heavy (non-hydrogen) atoms. The highest BCUT2D eigenvalue weighted by Gasteiger charge is 2.31. The Hall–Kier alpha value is -1.89. The van der Waals surface area contributed by atoms with Crippen molar-refractivity contribution in [1.82, 2.24) is 19.4 Å². The molecule has 1 aromatic heterocycles. The normalized spacial score (nSPS) is 24.9. The number of carbonyl (C=O) groups is 1. The number of likely N-dealkylation sites (tertiary alicyclic amines) is 1. The van der Waals surface area contributed by atoms with E-state index in [-0.39, 0.29) is 18.0 Å². The van der Waals surface area contributed by atoms with Crippen molar-refractivity contribution in [3.05, 3.63) is 33.1 Å². The Balaban J connectivity index is 1.73. The maximum Gasteiger partial charge on any atom is 0.331 e. The van der Waals surface area contributed by atoms with E-state index in [2.05, 4.69) is 5.32 Å². The van der Waals surface area contributed by atoms with Gasteiger partial charge >= 0.3 is 5.69 Å². The predicted octanol–water partition coefficient (Wildman–Crippen LogP) is -1.10. The van der Waals surface area contributed by atoms with Gasteiger partial charge in [-0.05, 0) is 19.3 Å². The summed E-state index contributed by atoms with van der Waals surface area (Å²) in [4.78, 5) is 37.5. The van der Waals surface area contributed by atoms with Gasteiger partial charge in [-0.2, -0.15) is 0 Å². The summed E-state index contributed by atoms with van der Waals surface area (Å²) < 4.78 is 2.31. The van der Waals surface area contributed by atoms with Crippen LogP contribution in [0.4, 0.5) is 0 Å². The number of carbonyl (C=O) groups excluding carboxylic acids is 1. The summed E-state index contributed by atoms with van der Waals surface area (Å²) >= 11 is 0. The maximum atomic E-state index is 12.4. The van der Waals surface area contributed by atoms with Gasteiger partial charge in [0.05, 0.1) is 0 Å². The van der Waals surface area contributed by atoms with Crippen molar-refractivity contribution in [3.8, 4) is 0 Å². The van der Waals surface area contributed by atoms with Crippen molar-refractivity contribution in [2.45, 2.75) is 37.9 Å². The average Bonchev–Trinajstić information content (AvgIpc) is 2.78. The highest BCUT2D eigenvalue weighted by molar-refractivity contribution is 5.76. The van der Waals surface area contributed by atoms with Crippen molar-refractivity contribution in [2.75, 3.05) is 13.1 Å². The number of fused-ring (bicyclic) bond motifs is 2. The molecule has 3 rings (SSSR count). The molecular formula is C14H20N4O3. The molecule has 2 aliphatic rings. The molecule has 3 heterocycles. The van der Waals surface area contributed by atoms with E-state index in [1.54, 1.807) is 0 Å². The third kappa shape index (κ3) is 2.78. The standard InChI is InChI=1S/C14H20N4O3/c1-16-12(19)5-7-18(14(16)21)9-13(20)17-6-4-10-2-3-11(8-17)15-10/h5,7,10-11,15H,2-4,6,8-9H2,1H3. The van der Waals surface area contributed by atoms with Crippen LogP contribution in [-0.2, 0) is 18.4 Å². The van der Waals surface area contributed by atoms with E-state index in [0.29, 0.717) is 18.6 Å². The van der Waals surface area contributed by atoms with Gasteiger partial charge in [-0.3, -0.25) is 18.7 Å². The van der Waals surface area contributed by atoms with Crippen LogP contribution in [0.5, 0.6) is 0 Å². The van der Waals surface area contributed by atoms with Gasteiger partial charge in [0.15, 0.2) is 0 Å². The zero-order valence-corrected chi connectivity index (χ0v) is 12.1. The molecule has 2 bridgehead atoms. The quantitative estimate of drug-likeness (QED) is 0.751. The first-order valence-electron chi connectivity index (χ1n) is 7.35. The van der Waals surface area contributed by atoms with Crippen LogP contribution >= 0.6 is 0 Å². The molecule has 2 saturated heterocycles. The number of hydrogen-bond donors (Lipinski definition) is 1. The van der Waals surface area contributed by atoms with Gasteiger partial charge in [0.1, 0.15) is 6.54 Å². The molecule has 0 saturated carbocycles. The molecule has 2 unspecified atom stereocenters. The molecule has 0 aliphatic carbocycles. The Bertz CT molecular complexity index is 663.